The number of carbonyl (C=O) groups excluding carboxylic acids is 2. The van der Waals surface area contributed by atoms with Gasteiger partial charge in [-0.15, -0.1) is 11.3 Å². The second-order valence-corrected chi connectivity index (χ2v) is 11.1. The summed E-state index contributed by atoms with van der Waals surface area (Å²) in [7, 11) is 2.04. The lowest BCUT2D eigenvalue weighted by molar-refractivity contribution is -0.121. The molecule has 7 nitrogen and oxygen atoms in total. The van der Waals surface area contributed by atoms with Crippen LogP contribution in [0.4, 0.5) is 5.69 Å². The number of carbonyl (C=O) groups is 2. The average Bonchev–Trinajstić information content (AvgIpc) is 3.50. The third-order valence-corrected chi connectivity index (χ3v) is 8.46. The fourth-order valence-corrected chi connectivity index (χ4v) is 6.65. The second-order valence-electron chi connectivity index (χ2n) is 10.1. The quantitative estimate of drug-likeness (QED) is 0.405. The second kappa shape index (κ2) is 9.34. The number of fused-ring (bicyclic) bond motifs is 6. The highest BCUT2D eigenvalue weighted by atomic mass is 32.1. The summed E-state index contributed by atoms with van der Waals surface area (Å²) in [5.74, 6) is 0.422. The van der Waals surface area contributed by atoms with Crippen LogP contribution in [0.3, 0.4) is 0 Å². The molecule has 4 aromatic rings. The number of nitrogens with zero attached hydrogens (tertiary/aromatic N) is 4. The van der Waals surface area contributed by atoms with Crippen LogP contribution in [0.25, 0.3) is 10.9 Å². The standard InChI is InChI=1S/C29H31N5O2S/c1-18(2)22-17-37-26(31-22)12-14-30-25(35)16-34-24-11-7-4-8-19(24)20-13-15-33-28(27(20)34)32(3)23-10-6-5-9-21(23)29(33)36/h4-11,17-18,28H,12-16H2,1-3H3,(H,30,35)/t28-/m0/s1. The molecule has 2 amide bonds. The minimum absolute atomic E-state index is 0.0356. The van der Waals surface area contributed by atoms with Gasteiger partial charge in [-0.1, -0.05) is 44.2 Å². The minimum Gasteiger partial charge on any atom is -0.354 e. The predicted octanol–water partition coefficient (Wildman–Crippen LogP) is 4.73. The number of anilines is 1. The summed E-state index contributed by atoms with van der Waals surface area (Å²) in [6.07, 6.45) is 1.24. The van der Waals surface area contributed by atoms with E-state index in [1.165, 1.54) is 5.56 Å². The fourth-order valence-electron chi connectivity index (χ4n) is 5.69. The smallest absolute Gasteiger partial charge is 0.257 e. The minimum atomic E-state index is -0.254. The van der Waals surface area contributed by atoms with E-state index in [0.29, 0.717) is 19.0 Å². The maximum atomic E-state index is 13.5. The number of benzene rings is 2. The maximum absolute atomic E-state index is 13.5. The van der Waals surface area contributed by atoms with E-state index < -0.39 is 0 Å². The van der Waals surface area contributed by atoms with Crippen molar-refractivity contribution in [3.05, 3.63) is 81.4 Å². The van der Waals surface area contributed by atoms with Crippen LogP contribution in [-0.2, 0) is 24.2 Å². The average molecular weight is 514 g/mol. The van der Waals surface area contributed by atoms with Crippen LogP contribution in [0.2, 0.25) is 0 Å². The van der Waals surface area contributed by atoms with Gasteiger partial charge in [-0.2, -0.15) is 0 Å². The Morgan fingerprint density at radius 3 is 2.76 bits per heavy atom. The molecule has 0 saturated carbocycles. The maximum Gasteiger partial charge on any atom is 0.257 e. The largest absolute Gasteiger partial charge is 0.354 e. The molecule has 6 rings (SSSR count). The predicted molar refractivity (Wildman–Crippen MR) is 147 cm³/mol. The molecule has 4 heterocycles. The topological polar surface area (TPSA) is 70.5 Å². The molecule has 2 aliphatic heterocycles. The number of nitrogens with one attached hydrogen (secondary N) is 1. The van der Waals surface area contributed by atoms with E-state index in [4.69, 9.17) is 0 Å². The van der Waals surface area contributed by atoms with Gasteiger partial charge in [-0.05, 0) is 36.1 Å². The molecule has 2 aromatic carbocycles. The zero-order valence-corrected chi connectivity index (χ0v) is 22.2. The molecular formula is C29H31N5O2S. The first-order chi connectivity index (χ1) is 17.9. The van der Waals surface area contributed by atoms with Crippen LogP contribution in [0.1, 0.15) is 58.2 Å². The first kappa shape index (κ1) is 23.7. The van der Waals surface area contributed by atoms with Crippen molar-refractivity contribution in [1.82, 2.24) is 19.8 Å². The Hall–Kier alpha value is -3.65. The number of amides is 2. The van der Waals surface area contributed by atoms with Gasteiger partial charge in [0.25, 0.3) is 5.91 Å². The van der Waals surface area contributed by atoms with Crippen molar-refractivity contribution in [2.45, 2.75) is 45.3 Å². The first-order valence-electron chi connectivity index (χ1n) is 12.9. The van der Waals surface area contributed by atoms with E-state index in [1.807, 2.05) is 48.3 Å². The summed E-state index contributed by atoms with van der Waals surface area (Å²) in [6.45, 7) is 5.69. The van der Waals surface area contributed by atoms with Crippen molar-refractivity contribution in [3.63, 3.8) is 0 Å². The van der Waals surface area contributed by atoms with Crippen LogP contribution in [0.15, 0.2) is 53.9 Å². The lowest BCUT2D eigenvalue weighted by Gasteiger charge is -2.46. The molecule has 190 valence electrons. The summed E-state index contributed by atoms with van der Waals surface area (Å²) in [5.41, 5.74) is 6.06. The van der Waals surface area contributed by atoms with Gasteiger partial charge in [0.15, 0.2) is 0 Å². The molecule has 0 bridgehead atoms. The highest BCUT2D eigenvalue weighted by Gasteiger charge is 2.42. The molecule has 0 fully saturated rings. The van der Waals surface area contributed by atoms with Gasteiger partial charge in [-0.3, -0.25) is 9.59 Å². The molecule has 1 atom stereocenters. The van der Waals surface area contributed by atoms with Crippen LogP contribution < -0.4 is 10.2 Å². The van der Waals surface area contributed by atoms with E-state index in [1.54, 1.807) is 11.3 Å². The lowest BCUT2D eigenvalue weighted by atomic mass is 9.96. The third-order valence-electron chi connectivity index (χ3n) is 7.53. The molecule has 2 aliphatic rings. The summed E-state index contributed by atoms with van der Waals surface area (Å²) >= 11 is 1.65. The molecule has 0 aliphatic carbocycles. The Balaban J connectivity index is 1.30. The van der Waals surface area contributed by atoms with Crippen LogP contribution in [-0.4, -0.2) is 46.4 Å². The number of hydrogen-bond acceptors (Lipinski definition) is 5. The van der Waals surface area contributed by atoms with Crippen molar-refractivity contribution in [1.29, 1.82) is 0 Å². The number of para-hydroxylation sites is 2. The van der Waals surface area contributed by atoms with E-state index in [-0.39, 0.29) is 24.5 Å². The van der Waals surface area contributed by atoms with Crippen LogP contribution >= 0.6 is 11.3 Å². The molecule has 37 heavy (non-hydrogen) atoms. The molecule has 0 spiro atoms. The zero-order valence-electron chi connectivity index (χ0n) is 21.4. The molecule has 0 saturated heterocycles. The number of rotatable bonds is 6. The van der Waals surface area contributed by atoms with E-state index in [2.05, 4.69) is 51.1 Å². The molecule has 2 aromatic heterocycles. The number of thiazole rings is 1. The van der Waals surface area contributed by atoms with Crippen LogP contribution in [0.5, 0.6) is 0 Å². The lowest BCUT2D eigenvalue weighted by Crippen LogP contribution is -2.51. The first-order valence-corrected chi connectivity index (χ1v) is 13.8. The Kier molecular flexibility index (Phi) is 5.99. The molecule has 0 radical (unpaired) electrons. The Bertz CT molecular complexity index is 1500. The molecule has 0 unspecified atom stereocenters. The number of aromatic nitrogens is 2. The third kappa shape index (κ3) is 4.00. The van der Waals surface area contributed by atoms with Gasteiger partial charge in [0.1, 0.15) is 12.7 Å². The Morgan fingerprint density at radius 2 is 1.95 bits per heavy atom. The molecule has 1 N–H and O–H groups in total. The Labute approximate surface area is 220 Å². The van der Waals surface area contributed by atoms with Gasteiger partial charge in [0.2, 0.25) is 5.91 Å². The summed E-state index contributed by atoms with van der Waals surface area (Å²) in [5, 5.41) is 7.41. The zero-order chi connectivity index (χ0) is 25.7. The van der Waals surface area contributed by atoms with Crippen molar-refractivity contribution in [2.75, 3.05) is 25.0 Å². The normalized spacial score (nSPS) is 16.6. The van der Waals surface area contributed by atoms with Gasteiger partial charge in [-0.25, -0.2) is 4.98 Å². The van der Waals surface area contributed by atoms with E-state index in [0.717, 1.165) is 51.4 Å². The van der Waals surface area contributed by atoms with E-state index in [9.17, 15) is 9.59 Å². The van der Waals surface area contributed by atoms with Crippen molar-refractivity contribution in [3.8, 4) is 0 Å². The van der Waals surface area contributed by atoms with Gasteiger partial charge in [0, 0.05) is 42.8 Å². The SMILES string of the molecule is CC(C)c1csc(CCNC(=O)Cn2c3c(c4ccccc42)CCN2C(=O)c4ccccc4N(C)[C@H]32)n1. The number of hydrogen-bond donors (Lipinski definition) is 1. The van der Waals surface area contributed by atoms with E-state index >= 15 is 0 Å². The summed E-state index contributed by atoms with van der Waals surface area (Å²) < 4.78 is 2.12. The van der Waals surface area contributed by atoms with Gasteiger partial charge < -0.3 is 19.7 Å². The highest BCUT2D eigenvalue weighted by Crippen LogP contribution is 2.44. The van der Waals surface area contributed by atoms with Crippen LogP contribution in [0, 0.1) is 0 Å². The molecule has 8 heteroatoms. The van der Waals surface area contributed by atoms with Crippen molar-refractivity contribution in [2.24, 2.45) is 0 Å². The molecular weight excluding hydrogens is 482 g/mol. The summed E-state index contributed by atoms with van der Waals surface area (Å²) in [4.78, 5) is 35.5. The highest BCUT2D eigenvalue weighted by molar-refractivity contribution is 7.09. The van der Waals surface area contributed by atoms with Gasteiger partial charge in [0.05, 0.1) is 27.6 Å². The monoisotopic (exact) mass is 513 g/mol. The van der Waals surface area contributed by atoms with Gasteiger partial charge >= 0.3 is 0 Å². The van der Waals surface area contributed by atoms with Crippen molar-refractivity contribution < 1.29 is 9.59 Å². The fraction of sp³-hybridized carbons (Fsp3) is 0.345. The van der Waals surface area contributed by atoms with Crippen molar-refractivity contribution >= 4 is 39.7 Å². The summed E-state index contributed by atoms with van der Waals surface area (Å²) in [6, 6.07) is 16.0. The Morgan fingerprint density at radius 1 is 1.16 bits per heavy atom.